The number of carbonyl (C=O) groups excluding carboxylic acids is 1. The molecule has 0 aromatic rings. The molecule has 0 aliphatic heterocycles. The number of hydrogen-bond donors (Lipinski definition) is 2. The zero-order valence-electron chi connectivity index (χ0n) is 24.1. The van der Waals surface area contributed by atoms with Crippen molar-refractivity contribution in [2.24, 2.45) is 51.8 Å². The molecule has 10 unspecified atom stereocenters. The van der Waals surface area contributed by atoms with Crippen molar-refractivity contribution in [2.75, 3.05) is 7.11 Å². The van der Waals surface area contributed by atoms with Gasteiger partial charge in [0.1, 0.15) is 0 Å². The predicted octanol–water partition coefficient (Wildman–Crippen LogP) is 7.01. The van der Waals surface area contributed by atoms with E-state index in [1.807, 2.05) is 13.8 Å². The van der Waals surface area contributed by atoms with E-state index < -0.39 is 0 Å². The van der Waals surface area contributed by atoms with Crippen molar-refractivity contribution in [3.05, 3.63) is 0 Å². The standard InChI is InChI=1S/C26H42O3.C3H8O.C2H6/c1-16-18-9-13-25(3)19-10-15-26(23(28)29-4)12-5-6-20(26)17(19)7-8-22(25)24(18,2)14-11-21(16)27;1-3(2)4;1-2/h16-22,27H,5-15H2,1-4H3;3-4H,1-2H3;1-2H3. The van der Waals surface area contributed by atoms with E-state index in [-0.39, 0.29) is 23.6 Å². The van der Waals surface area contributed by atoms with Gasteiger partial charge in [-0.3, -0.25) is 4.79 Å². The van der Waals surface area contributed by atoms with Gasteiger partial charge in [-0.2, -0.15) is 0 Å². The first-order chi connectivity index (χ1) is 16.5. The molecule has 5 aliphatic carbocycles. The van der Waals surface area contributed by atoms with Gasteiger partial charge in [-0.25, -0.2) is 0 Å². The topological polar surface area (TPSA) is 66.8 Å². The summed E-state index contributed by atoms with van der Waals surface area (Å²) in [4.78, 5) is 12.9. The first kappa shape index (κ1) is 29.0. The number of carbonyl (C=O) groups is 1. The Morgan fingerprint density at radius 3 is 2.06 bits per heavy atom. The van der Waals surface area contributed by atoms with Crippen LogP contribution in [-0.2, 0) is 9.53 Å². The van der Waals surface area contributed by atoms with E-state index >= 15 is 0 Å². The summed E-state index contributed by atoms with van der Waals surface area (Å²) in [5.74, 6) is 4.08. The molecule has 0 heterocycles. The number of ether oxygens (including phenoxy) is 1. The monoisotopic (exact) mass is 492 g/mol. The van der Waals surface area contributed by atoms with Crippen molar-refractivity contribution < 1.29 is 19.7 Å². The Morgan fingerprint density at radius 2 is 1.43 bits per heavy atom. The molecule has 0 aromatic carbocycles. The van der Waals surface area contributed by atoms with Crippen LogP contribution in [0.2, 0.25) is 0 Å². The molecule has 0 radical (unpaired) electrons. The number of aliphatic hydroxyl groups is 2. The minimum atomic E-state index is -0.167. The highest BCUT2D eigenvalue weighted by Crippen LogP contribution is 2.71. The minimum Gasteiger partial charge on any atom is -0.469 e. The van der Waals surface area contributed by atoms with Crippen molar-refractivity contribution in [3.8, 4) is 0 Å². The van der Waals surface area contributed by atoms with Crippen LogP contribution in [0.4, 0.5) is 0 Å². The highest BCUT2D eigenvalue weighted by atomic mass is 16.5. The van der Waals surface area contributed by atoms with Crippen LogP contribution < -0.4 is 0 Å². The highest BCUT2D eigenvalue weighted by molar-refractivity contribution is 5.77. The second-order valence-corrected chi connectivity index (χ2v) is 13.3. The van der Waals surface area contributed by atoms with Crippen LogP contribution in [0.15, 0.2) is 0 Å². The highest BCUT2D eigenvalue weighted by Gasteiger charge is 2.66. The van der Waals surface area contributed by atoms with Crippen LogP contribution in [0.1, 0.15) is 119 Å². The normalized spacial score (nSPS) is 48.0. The number of esters is 1. The molecule has 0 spiro atoms. The third-order valence-electron chi connectivity index (χ3n) is 11.7. The van der Waals surface area contributed by atoms with Crippen LogP contribution in [0, 0.1) is 51.8 Å². The van der Waals surface area contributed by atoms with Crippen molar-refractivity contribution in [1.82, 2.24) is 0 Å². The molecule has 35 heavy (non-hydrogen) atoms. The fourth-order valence-corrected chi connectivity index (χ4v) is 10.4. The third kappa shape index (κ3) is 4.73. The van der Waals surface area contributed by atoms with E-state index in [9.17, 15) is 9.90 Å². The van der Waals surface area contributed by atoms with E-state index in [1.165, 1.54) is 51.4 Å². The van der Waals surface area contributed by atoms with E-state index in [2.05, 4.69) is 20.8 Å². The summed E-state index contributed by atoms with van der Waals surface area (Å²) in [5, 5.41) is 18.6. The van der Waals surface area contributed by atoms with Crippen molar-refractivity contribution >= 4 is 5.97 Å². The van der Waals surface area contributed by atoms with Gasteiger partial charge in [0.05, 0.1) is 18.6 Å². The van der Waals surface area contributed by atoms with Gasteiger partial charge in [-0.15, -0.1) is 0 Å². The number of hydrogen-bond acceptors (Lipinski definition) is 4. The van der Waals surface area contributed by atoms with E-state index in [0.29, 0.717) is 28.6 Å². The molecule has 5 fully saturated rings. The fraction of sp³-hybridized carbons (Fsp3) is 0.968. The lowest BCUT2D eigenvalue weighted by atomic mass is 9.37. The molecule has 5 saturated carbocycles. The summed E-state index contributed by atoms with van der Waals surface area (Å²) in [7, 11) is 1.59. The largest absolute Gasteiger partial charge is 0.469 e. The lowest BCUT2D eigenvalue weighted by Crippen LogP contribution is -2.61. The van der Waals surface area contributed by atoms with Gasteiger partial charge in [-0.1, -0.05) is 41.0 Å². The Morgan fingerprint density at radius 1 is 0.857 bits per heavy atom. The first-order valence-electron chi connectivity index (χ1n) is 15.0. The molecule has 5 aliphatic rings. The van der Waals surface area contributed by atoms with Crippen LogP contribution in [-0.4, -0.2) is 35.5 Å². The third-order valence-corrected chi connectivity index (χ3v) is 11.7. The van der Waals surface area contributed by atoms with Crippen LogP contribution >= 0.6 is 0 Å². The van der Waals surface area contributed by atoms with Crippen molar-refractivity contribution in [1.29, 1.82) is 0 Å². The summed E-state index contributed by atoms with van der Waals surface area (Å²) in [6.07, 6.45) is 13.0. The SMILES string of the molecule is CC.CC(C)O.COC(=O)C12CCCC1C1CCC3C4(C)CCC(O)C(C)C4CCC3(C)C1CC2. The van der Waals surface area contributed by atoms with E-state index in [0.717, 1.165) is 37.0 Å². The van der Waals surface area contributed by atoms with Crippen molar-refractivity contribution in [3.63, 3.8) is 0 Å². The number of aliphatic hydroxyl groups excluding tert-OH is 2. The fourth-order valence-electron chi connectivity index (χ4n) is 10.4. The lowest BCUT2D eigenvalue weighted by Gasteiger charge is -2.67. The van der Waals surface area contributed by atoms with Gasteiger partial charge in [0, 0.05) is 6.10 Å². The Bertz CT molecular complexity index is 718. The molecule has 10 atom stereocenters. The zero-order chi connectivity index (χ0) is 26.2. The predicted molar refractivity (Wildman–Crippen MR) is 143 cm³/mol. The molecular weight excluding hydrogens is 436 g/mol. The molecule has 2 N–H and O–H groups in total. The van der Waals surface area contributed by atoms with Crippen molar-refractivity contribution in [2.45, 2.75) is 131 Å². The van der Waals surface area contributed by atoms with E-state index in [1.54, 1.807) is 21.0 Å². The van der Waals surface area contributed by atoms with Gasteiger partial charge in [0.15, 0.2) is 0 Å². The Kier molecular flexibility index (Phi) is 9.11. The van der Waals surface area contributed by atoms with Crippen LogP contribution in [0.25, 0.3) is 0 Å². The zero-order valence-corrected chi connectivity index (χ0v) is 24.1. The van der Waals surface area contributed by atoms with Gasteiger partial charge >= 0.3 is 5.97 Å². The molecule has 0 saturated heterocycles. The smallest absolute Gasteiger partial charge is 0.312 e. The average Bonchev–Trinajstić information content (AvgIpc) is 3.28. The van der Waals surface area contributed by atoms with E-state index in [4.69, 9.17) is 9.84 Å². The maximum atomic E-state index is 12.9. The molecule has 204 valence electrons. The summed E-state index contributed by atoms with van der Waals surface area (Å²) in [5.41, 5.74) is 0.647. The Labute approximate surface area is 216 Å². The van der Waals surface area contributed by atoms with Gasteiger partial charge in [-0.05, 0) is 124 Å². The second kappa shape index (κ2) is 11.0. The molecule has 0 amide bonds. The Hall–Kier alpha value is -0.610. The van der Waals surface area contributed by atoms with Gasteiger partial charge < -0.3 is 14.9 Å². The number of fused-ring (bicyclic) bond motifs is 7. The molecule has 4 nitrogen and oxygen atoms in total. The minimum absolute atomic E-state index is 0.0940. The summed E-state index contributed by atoms with van der Waals surface area (Å²) in [6.45, 7) is 15.0. The Balaban J connectivity index is 0.000000521. The molecule has 4 heteroatoms. The summed E-state index contributed by atoms with van der Waals surface area (Å²) < 4.78 is 5.35. The lowest BCUT2D eigenvalue weighted by molar-refractivity contribution is -0.200. The summed E-state index contributed by atoms with van der Waals surface area (Å²) in [6, 6.07) is 0. The summed E-state index contributed by atoms with van der Waals surface area (Å²) >= 11 is 0. The molecule has 0 aromatic heterocycles. The first-order valence-corrected chi connectivity index (χ1v) is 15.0. The second-order valence-electron chi connectivity index (χ2n) is 13.3. The van der Waals surface area contributed by atoms with Crippen LogP contribution in [0.5, 0.6) is 0 Å². The number of methoxy groups -OCH3 is 1. The quantitative estimate of drug-likeness (QED) is 0.386. The maximum absolute atomic E-state index is 12.9. The average molecular weight is 493 g/mol. The van der Waals surface area contributed by atoms with Gasteiger partial charge in [0.25, 0.3) is 0 Å². The van der Waals surface area contributed by atoms with Gasteiger partial charge in [0.2, 0.25) is 0 Å². The maximum Gasteiger partial charge on any atom is 0.312 e. The molecular formula is C31H56O4. The molecule has 5 rings (SSSR count). The van der Waals surface area contributed by atoms with Crippen LogP contribution in [0.3, 0.4) is 0 Å². The molecule has 0 bridgehead atoms. The number of rotatable bonds is 1.